The Morgan fingerprint density at radius 3 is 2.64 bits per heavy atom. The van der Waals surface area contributed by atoms with E-state index in [4.69, 9.17) is 0 Å². The van der Waals surface area contributed by atoms with E-state index in [0.29, 0.717) is 16.8 Å². The second-order valence-corrected chi connectivity index (χ2v) is 4.08. The molecule has 72 valence electrons. The molecular weight excluding hydrogens is 266 g/mol. The van der Waals surface area contributed by atoms with E-state index in [1.54, 1.807) is 12.4 Å². The second-order valence-electron chi connectivity index (χ2n) is 2.40. The van der Waals surface area contributed by atoms with E-state index >= 15 is 0 Å². The van der Waals surface area contributed by atoms with Crippen LogP contribution in [0.5, 0.6) is 0 Å². The van der Waals surface area contributed by atoms with Crippen molar-refractivity contribution in [3.05, 3.63) is 16.9 Å². The maximum absolute atomic E-state index is 4.18. The first kappa shape index (κ1) is 9.60. The molecular formula is C7H6BrN5S. The summed E-state index contributed by atoms with van der Waals surface area (Å²) in [6.07, 6.45) is 5.25. The summed E-state index contributed by atoms with van der Waals surface area (Å²) < 4.78 is 0.839. The van der Waals surface area contributed by atoms with Crippen LogP contribution >= 0.6 is 27.7 Å². The number of rotatable bonds is 2. The number of aromatic nitrogens is 5. The van der Waals surface area contributed by atoms with Gasteiger partial charge in [-0.15, -0.1) is 5.10 Å². The van der Waals surface area contributed by atoms with Gasteiger partial charge in [0.25, 0.3) is 0 Å². The molecule has 0 radical (unpaired) electrons. The second kappa shape index (κ2) is 4.05. The van der Waals surface area contributed by atoms with Crippen LogP contribution in [0.1, 0.15) is 0 Å². The minimum absolute atomic E-state index is 0.543. The SMILES string of the molecule is CSc1n[nH]c(-c2ncc(Br)cn2)n1. The van der Waals surface area contributed by atoms with Crippen LogP contribution in [0.25, 0.3) is 11.6 Å². The van der Waals surface area contributed by atoms with Gasteiger partial charge >= 0.3 is 0 Å². The zero-order valence-electron chi connectivity index (χ0n) is 7.23. The maximum atomic E-state index is 4.18. The zero-order valence-corrected chi connectivity index (χ0v) is 9.63. The Bertz CT molecular complexity index is 426. The number of aromatic amines is 1. The minimum atomic E-state index is 0.543. The number of nitrogens with zero attached hydrogens (tertiary/aromatic N) is 4. The Labute approximate surface area is 92.9 Å². The number of halogens is 1. The van der Waals surface area contributed by atoms with Gasteiger partial charge in [-0.05, 0) is 22.2 Å². The van der Waals surface area contributed by atoms with Crippen LogP contribution in [0.3, 0.4) is 0 Å². The molecule has 1 N–H and O–H groups in total. The molecule has 0 aliphatic carbocycles. The van der Waals surface area contributed by atoms with E-state index < -0.39 is 0 Å². The average Bonchev–Trinajstić information content (AvgIpc) is 2.67. The molecule has 0 fully saturated rings. The van der Waals surface area contributed by atoms with Crippen LogP contribution in [-0.2, 0) is 0 Å². The molecule has 0 amide bonds. The number of thioether (sulfide) groups is 1. The third-order valence-corrected chi connectivity index (χ3v) is 2.44. The highest BCUT2D eigenvalue weighted by Gasteiger charge is 2.06. The summed E-state index contributed by atoms with van der Waals surface area (Å²) in [6, 6.07) is 0. The van der Waals surface area contributed by atoms with Crippen LogP contribution in [0, 0.1) is 0 Å². The Morgan fingerprint density at radius 2 is 2.07 bits per heavy atom. The fourth-order valence-corrected chi connectivity index (χ4v) is 1.40. The molecule has 0 saturated heterocycles. The number of hydrogen-bond acceptors (Lipinski definition) is 5. The molecule has 0 unspecified atom stereocenters. The standard InChI is InChI=1S/C7H6BrN5S/c1-14-7-11-6(12-13-7)5-9-2-4(8)3-10-5/h2-3H,1H3,(H,11,12,13). The van der Waals surface area contributed by atoms with Crippen molar-refractivity contribution in [2.45, 2.75) is 5.16 Å². The molecule has 7 heteroatoms. The van der Waals surface area contributed by atoms with Crippen LogP contribution in [-0.4, -0.2) is 31.4 Å². The lowest BCUT2D eigenvalue weighted by molar-refractivity contribution is 0.975. The van der Waals surface area contributed by atoms with E-state index in [0.717, 1.165) is 4.47 Å². The molecule has 0 aliphatic heterocycles. The lowest BCUT2D eigenvalue weighted by Gasteiger charge is -1.92. The average molecular weight is 272 g/mol. The van der Waals surface area contributed by atoms with Gasteiger partial charge in [0.05, 0.1) is 4.47 Å². The van der Waals surface area contributed by atoms with Gasteiger partial charge in [0, 0.05) is 12.4 Å². The van der Waals surface area contributed by atoms with Crippen LogP contribution < -0.4 is 0 Å². The third-order valence-electron chi connectivity index (χ3n) is 1.48. The highest BCUT2D eigenvalue weighted by molar-refractivity contribution is 9.10. The number of nitrogens with one attached hydrogen (secondary N) is 1. The normalized spacial score (nSPS) is 10.4. The van der Waals surface area contributed by atoms with Gasteiger partial charge in [0.1, 0.15) is 0 Å². The molecule has 0 atom stereocenters. The summed E-state index contributed by atoms with van der Waals surface area (Å²) in [6.45, 7) is 0. The van der Waals surface area contributed by atoms with E-state index in [1.165, 1.54) is 11.8 Å². The van der Waals surface area contributed by atoms with E-state index in [9.17, 15) is 0 Å². The monoisotopic (exact) mass is 271 g/mol. The molecule has 2 aromatic heterocycles. The van der Waals surface area contributed by atoms with Crippen LogP contribution in [0.15, 0.2) is 22.0 Å². The van der Waals surface area contributed by atoms with Gasteiger partial charge in [0.2, 0.25) is 5.16 Å². The summed E-state index contributed by atoms with van der Waals surface area (Å²) >= 11 is 4.73. The topological polar surface area (TPSA) is 67.3 Å². The largest absolute Gasteiger partial charge is 0.255 e. The summed E-state index contributed by atoms with van der Waals surface area (Å²) in [5.41, 5.74) is 0. The van der Waals surface area contributed by atoms with Gasteiger partial charge in [-0.25, -0.2) is 9.97 Å². The first-order valence-corrected chi connectivity index (χ1v) is 5.75. The van der Waals surface area contributed by atoms with Gasteiger partial charge < -0.3 is 0 Å². The maximum Gasteiger partial charge on any atom is 0.208 e. The van der Waals surface area contributed by atoms with Crippen LogP contribution in [0.2, 0.25) is 0 Å². The van der Waals surface area contributed by atoms with Crippen LogP contribution in [0.4, 0.5) is 0 Å². The first-order chi connectivity index (χ1) is 6.79. The van der Waals surface area contributed by atoms with E-state index in [-0.39, 0.29) is 0 Å². The first-order valence-electron chi connectivity index (χ1n) is 3.74. The fourth-order valence-electron chi connectivity index (χ4n) is 0.872. The van der Waals surface area contributed by atoms with Crippen molar-refractivity contribution in [3.63, 3.8) is 0 Å². The highest BCUT2D eigenvalue weighted by atomic mass is 79.9. The van der Waals surface area contributed by atoms with Crippen molar-refractivity contribution < 1.29 is 0 Å². The molecule has 0 aliphatic rings. The summed E-state index contributed by atoms with van der Waals surface area (Å²) in [5.74, 6) is 1.13. The molecule has 0 spiro atoms. The Morgan fingerprint density at radius 1 is 1.36 bits per heavy atom. The molecule has 2 rings (SSSR count). The molecule has 0 aromatic carbocycles. The quantitative estimate of drug-likeness (QED) is 0.843. The lowest BCUT2D eigenvalue weighted by Crippen LogP contribution is -1.89. The van der Waals surface area contributed by atoms with Crippen molar-refractivity contribution in [1.29, 1.82) is 0 Å². The van der Waals surface area contributed by atoms with Crippen molar-refractivity contribution in [2.24, 2.45) is 0 Å². The molecule has 0 saturated carbocycles. The smallest absolute Gasteiger partial charge is 0.208 e. The summed E-state index contributed by atoms with van der Waals surface area (Å²) in [5, 5.41) is 7.43. The highest BCUT2D eigenvalue weighted by Crippen LogP contribution is 2.14. The molecule has 2 heterocycles. The summed E-state index contributed by atoms with van der Waals surface area (Å²) in [7, 11) is 0. The predicted octanol–water partition coefficient (Wildman–Crippen LogP) is 1.75. The van der Waals surface area contributed by atoms with E-state index in [1.807, 2.05) is 6.26 Å². The Balaban J connectivity index is 2.34. The molecule has 2 aromatic rings. The van der Waals surface area contributed by atoms with Gasteiger partial charge in [-0.1, -0.05) is 11.8 Å². The van der Waals surface area contributed by atoms with Gasteiger partial charge in [-0.3, -0.25) is 5.10 Å². The minimum Gasteiger partial charge on any atom is -0.255 e. The third kappa shape index (κ3) is 1.93. The zero-order chi connectivity index (χ0) is 9.97. The predicted molar refractivity (Wildman–Crippen MR) is 56.9 cm³/mol. The van der Waals surface area contributed by atoms with Crippen molar-refractivity contribution in [2.75, 3.05) is 6.26 Å². The van der Waals surface area contributed by atoms with Crippen molar-refractivity contribution in [1.82, 2.24) is 25.1 Å². The number of hydrogen-bond donors (Lipinski definition) is 1. The lowest BCUT2D eigenvalue weighted by atomic mass is 10.5. The number of H-pyrrole nitrogens is 1. The Kier molecular flexibility index (Phi) is 2.78. The molecule has 0 bridgehead atoms. The van der Waals surface area contributed by atoms with E-state index in [2.05, 4.69) is 41.1 Å². The molecule has 14 heavy (non-hydrogen) atoms. The Hall–Kier alpha value is -0.950. The fraction of sp³-hybridized carbons (Fsp3) is 0.143. The van der Waals surface area contributed by atoms with Crippen molar-refractivity contribution in [3.8, 4) is 11.6 Å². The van der Waals surface area contributed by atoms with Gasteiger partial charge in [-0.2, -0.15) is 4.98 Å². The summed E-state index contributed by atoms with van der Waals surface area (Å²) in [4.78, 5) is 12.4. The molecule has 5 nitrogen and oxygen atoms in total. The van der Waals surface area contributed by atoms with Gasteiger partial charge in [0.15, 0.2) is 11.6 Å². The van der Waals surface area contributed by atoms with Crippen molar-refractivity contribution >= 4 is 27.7 Å².